The van der Waals surface area contributed by atoms with Crippen LogP contribution in [0.25, 0.3) is 6.08 Å². The fraction of sp³-hybridized carbons (Fsp3) is 0.357. The Kier molecular flexibility index (Phi) is 5.85. The SMILES string of the molecule is COc1c(I)cc(Br)cc1/C=C/C(=O)OC(C)(C)C. The number of carbonyl (C=O) groups is 1. The topological polar surface area (TPSA) is 35.5 Å². The highest BCUT2D eigenvalue weighted by atomic mass is 127. The highest BCUT2D eigenvalue weighted by Crippen LogP contribution is 2.30. The molecule has 0 bridgehead atoms. The minimum Gasteiger partial charge on any atom is -0.495 e. The average Bonchev–Trinajstić information content (AvgIpc) is 2.23. The molecule has 0 aliphatic carbocycles. The molecular formula is C14H16BrIO3. The van der Waals surface area contributed by atoms with Gasteiger partial charge >= 0.3 is 5.97 Å². The Bertz CT molecular complexity index is 504. The van der Waals surface area contributed by atoms with E-state index in [-0.39, 0.29) is 5.97 Å². The summed E-state index contributed by atoms with van der Waals surface area (Å²) in [5.74, 6) is 0.369. The summed E-state index contributed by atoms with van der Waals surface area (Å²) in [6, 6.07) is 3.84. The predicted octanol–water partition coefficient (Wildman–Crippen LogP) is 4.42. The second kappa shape index (κ2) is 6.74. The molecule has 3 nitrogen and oxygen atoms in total. The van der Waals surface area contributed by atoms with Crippen molar-refractivity contribution in [2.75, 3.05) is 7.11 Å². The zero-order valence-corrected chi connectivity index (χ0v) is 15.0. The first kappa shape index (κ1) is 16.5. The smallest absolute Gasteiger partial charge is 0.331 e. The lowest BCUT2D eigenvalue weighted by molar-refractivity contribution is -0.148. The lowest BCUT2D eigenvalue weighted by Crippen LogP contribution is -2.22. The molecule has 0 saturated heterocycles. The van der Waals surface area contributed by atoms with Crippen LogP contribution in [-0.2, 0) is 9.53 Å². The first-order valence-corrected chi connectivity index (χ1v) is 7.54. The summed E-state index contributed by atoms with van der Waals surface area (Å²) in [5.41, 5.74) is 0.337. The summed E-state index contributed by atoms with van der Waals surface area (Å²) in [4.78, 5) is 11.6. The van der Waals surface area contributed by atoms with Gasteiger partial charge in [0, 0.05) is 16.1 Å². The minimum absolute atomic E-state index is 0.371. The van der Waals surface area contributed by atoms with E-state index < -0.39 is 5.60 Å². The van der Waals surface area contributed by atoms with Crippen molar-refractivity contribution in [3.8, 4) is 5.75 Å². The van der Waals surface area contributed by atoms with Crippen LogP contribution in [0, 0.1) is 3.57 Å². The molecule has 1 aromatic carbocycles. The van der Waals surface area contributed by atoms with Gasteiger partial charge in [0.05, 0.1) is 10.7 Å². The summed E-state index contributed by atoms with van der Waals surface area (Å²) in [6.45, 7) is 5.50. The third-order valence-electron chi connectivity index (χ3n) is 2.05. The van der Waals surface area contributed by atoms with Crippen molar-refractivity contribution in [1.82, 2.24) is 0 Å². The van der Waals surface area contributed by atoms with E-state index in [1.54, 1.807) is 13.2 Å². The second-order valence-corrected chi connectivity index (χ2v) is 6.95. The van der Waals surface area contributed by atoms with Gasteiger partial charge in [-0.15, -0.1) is 0 Å². The van der Waals surface area contributed by atoms with Gasteiger partial charge in [0.2, 0.25) is 0 Å². The molecule has 0 heterocycles. The Balaban J connectivity index is 2.96. The molecule has 0 amide bonds. The molecule has 104 valence electrons. The van der Waals surface area contributed by atoms with E-state index in [4.69, 9.17) is 9.47 Å². The lowest BCUT2D eigenvalue weighted by Gasteiger charge is -2.18. The summed E-state index contributed by atoms with van der Waals surface area (Å²) in [5, 5.41) is 0. The highest BCUT2D eigenvalue weighted by Gasteiger charge is 2.14. The van der Waals surface area contributed by atoms with Crippen molar-refractivity contribution in [3.05, 3.63) is 31.8 Å². The van der Waals surface area contributed by atoms with E-state index in [1.165, 1.54) is 6.08 Å². The standard InChI is InChI=1S/C14H16BrIO3/c1-14(2,3)19-12(17)6-5-9-7-10(15)8-11(16)13(9)18-4/h5-8H,1-4H3/b6-5+. The molecule has 0 N–H and O–H groups in total. The molecule has 0 unspecified atom stereocenters. The monoisotopic (exact) mass is 438 g/mol. The van der Waals surface area contributed by atoms with Gasteiger partial charge in [-0.2, -0.15) is 0 Å². The van der Waals surface area contributed by atoms with E-state index in [2.05, 4.69) is 38.5 Å². The number of hydrogen-bond donors (Lipinski definition) is 0. The highest BCUT2D eigenvalue weighted by molar-refractivity contribution is 14.1. The Morgan fingerprint density at radius 2 is 2.00 bits per heavy atom. The van der Waals surface area contributed by atoms with E-state index in [9.17, 15) is 4.79 Å². The predicted molar refractivity (Wildman–Crippen MR) is 88.3 cm³/mol. The van der Waals surface area contributed by atoms with Crippen LogP contribution in [-0.4, -0.2) is 18.7 Å². The van der Waals surface area contributed by atoms with Crippen LogP contribution >= 0.6 is 38.5 Å². The van der Waals surface area contributed by atoms with Crippen LogP contribution in [0.4, 0.5) is 0 Å². The third-order valence-corrected chi connectivity index (χ3v) is 3.31. The zero-order valence-electron chi connectivity index (χ0n) is 11.3. The van der Waals surface area contributed by atoms with Crippen molar-refractivity contribution in [2.24, 2.45) is 0 Å². The lowest BCUT2D eigenvalue weighted by atomic mass is 10.2. The first-order chi connectivity index (χ1) is 8.73. The van der Waals surface area contributed by atoms with Gasteiger partial charge in [0.15, 0.2) is 0 Å². The fourth-order valence-electron chi connectivity index (χ4n) is 1.41. The van der Waals surface area contributed by atoms with E-state index >= 15 is 0 Å². The number of benzene rings is 1. The Hall–Kier alpha value is -0.560. The molecule has 19 heavy (non-hydrogen) atoms. The molecule has 1 rings (SSSR count). The molecule has 0 radical (unpaired) electrons. The van der Waals surface area contributed by atoms with Gasteiger partial charge in [-0.3, -0.25) is 0 Å². The first-order valence-electron chi connectivity index (χ1n) is 5.67. The van der Waals surface area contributed by atoms with E-state index in [0.717, 1.165) is 19.4 Å². The fourth-order valence-corrected chi connectivity index (χ4v) is 3.18. The van der Waals surface area contributed by atoms with Gasteiger partial charge in [0.1, 0.15) is 11.4 Å². The van der Waals surface area contributed by atoms with Crippen molar-refractivity contribution in [3.63, 3.8) is 0 Å². The number of esters is 1. The van der Waals surface area contributed by atoms with Crippen molar-refractivity contribution >= 4 is 50.6 Å². The number of methoxy groups -OCH3 is 1. The minimum atomic E-state index is -0.489. The molecule has 0 aromatic heterocycles. The summed E-state index contributed by atoms with van der Waals surface area (Å²) in [7, 11) is 1.61. The maximum absolute atomic E-state index is 11.6. The van der Waals surface area contributed by atoms with Gasteiger partial charge in [-0.1, -0.05) is 15.9 Å². The van der Waals surface area contributed by atoms with Crippen molar-refractivity contribution < 1.29 is 14.3 Å². The quantitative estimate of drug-likeness (QED) is 0.398. The molecule has 5 heteroatoms. The average molecular weight is 439 g/mol. The van der Waals surface area contributed by atoms with Crippen LogP contribution in [0.2, 0.25) is 0 Å². The number of halogens is 2. The molecule has 0 fully saturated rings. The van der Waals surface area contributed by atoms with Crippen LogP contribution in [0.3, 0.4) is 0 Å². The Labute approximate surface area is 135 Å². The van der Waals surface area contributed by atoms with Gasteiger partial charge in [-0.05, 0) is 61.6 Å². The largest absolute Gasteiger partial charge is 0.495 e. The number of ether oxygens (including phenoxy) is 2. The van der Waals surface area contributed by atoms with Crippen LogP contribution in [0.15, 0.2) is 22.7 Å². The van der Waals surface area contributed by atoms with Gasteiger partial charge in [-0.25, -0.2) is 4.79 Å². The number of carbonyl (C=O) groups excluding carboxylic acids is 1. The normalized spacial score (nSPS) is 11.7. The maximum Gasteiger partial charge on any atom is 0.331 e. The summed E-state index contributed by atoms with van der Waals surface area (Å²) < 4.78 is 12.4. The second-order valence-electron chi connectivity index (χ2n) is 4.88. The zero-order chi connectivity index (χ0) is 14.6. The molecular weight excluding hydrogens is 423 g/mol. The Morgan fingerprint density at radius 1 is 1.37 bits per heavy atom. The van der Waals surface area contributed by atoms with Crippen molar-refractivity contribution in [1.29, 1.82) is 0 Å². The van der Waals surface area contributed by atoms with Gasteiger partial charge < -0.3 is 9.47 Å². The molecule has 0 spiro atoms. The molecule has 1 aromatic rings. The molecule has 0 aliphatic rings. The molecule has 0 saturated carbocycles. The van der Waals surface area contributed by atoms with E-state index in [0.29, 0.717) is 0 Å². The van der Waals surface area contributed by atoms with Crippen LogP contribution < -0.4 is 4.74 Å². The molecule has 0 aliphatic heterocycles. The summed E-state index contributed by atoms with van der Waals surface area (Å²) in [6.07, 6.45) is 3.10. The van der Waals surface area contributed by atoms with Gasteiger partial charge in [0.25, 0.3) is 0 Å². The molecule has 0 atom stereocenters. The Morgan fingerprint density at radius 3 is 2.53 bits per heavy atom. The maximum atomic E-state index is 11.6. The number of rotatable bonds is 3. The van der Waals surface area contributed by atoms with Crippen LogP contribution in [0.1, 0.15) is 26.3 Å². The van der Waals surface area contributed by atoms with E-state index in [1.807, 2.05) is 32.9 Å². The number of hydrogen-bond acceptors (Lipinski definition) is 3. The van der Waals surface area contributed by atoms with Crippen molar-refractivity contribution in [2.45, 2.75) is 26.4 Å². The van der Waals surface area contributed by atoms with Crippen LogP contribution in [0.5, 0.6) is 5.75 Å². The summed E-state index contributed by atoms with van der Waals surface area (Å²) >= 11 is 5.61. The third kappa shape index (κ3) is 5.52.